The molecule has 1 fully saturated rings. The van der Waals surface area contributed by atoms with Gasteiger partial charge >= 0.3 is 0 Å². The van der Waals surface area contributed by atoms with Gasteiger partial charge in [-0.3, -0.25) is 9.59 Å². The van der Waals surface area contributed by atoms with Gasteiger partial charge in [0.05, 0.1) is 6.54 Å². The van der Waals surface area contributed by atoms with Gasteiger partial charge in [0.1, 0.15) is 0 Å². The molecule has 0 aliphatic heterocycles. The lowest BCUT2D eigenvalue weighted by Gasteiger charge is -2.03. The second-order valence-electron chi connectivity index (χ2n) is 4.45. The summed E-state index contributed by atoms with van der Waals surface area (Å²) in [6.45, 7) is 0.00915. The van der Waals surface area contributed by atoms with E-state index in [2.05, 4.69) is 10.6 Å². The summed E-state index contributed by atoms with van der Waals surface area (Å²) >= 11 is 5.83. The lowest BCUT2D eigenvalue weighted by Crippen LogP contribution is -2.37. The van der Waals surface area contributed by atoms with Crippen LogP contribution in [0.15, 0.2) is 30.3 Å². The Morgan fingerprint density at radius 1 is 1.37 bits per heavy atom. The number of halogens is 1. The van der Waals surface area contributed by atoms with Crippen LogP contribution in [0.3, 0.4) is 0 Å². The van der Waals surface area contributed by atoms with Gasteiger partial charge in [0.25, 0.3) is 0 Å². The molecule has 0 heterocycles. The van der Waals surface area contributed by atoms with E-state index >= 15 is 0 Å². The first-order valence-corrected chi connectivity index (χ1v) is 6.52. The molecule has 2 N–H and O–H groups in total. The second-order valence-corrected chi connectivity index (χ2v) is 4.88. The van der Waals surface area contributed by atoms with Crippen molar-refractivity contribution in [3.8, 4) is 0 Å². The predicted octanol–water partition coefficient (Wildman–Crippen LogP) is 1.75. The maximum atomic E-state index is 11.5. The van der Waals surface area contributed by atoms with Crippen molar-refractivity contribution in [1.82, 2.24) is 10.6 Å². The Balaban J connectivity index is 1.75. The van der Waals surface area contributed by atoms with Crippen LogP contribution in [0.2, 0.25) is 5.02 Å². The zero-order valence-electron chi connectivity index (χ0n) is 10.4. The van der Waals surface area contributed by atoms with Crippen LogP contribution >= 0.6 is 11.6 Å². The zero-order chi connectivity index (χ0) is 13.7. The number of carbonyl (C=O) groups excluding carboxylic acids is 2. The van der Waals surface area contributed by atoms with Crippen molar-refractivity contribution in [2.24, 2.45) is 0 Å². The fourth-order valence-electron chi connectivity index (χ4n) is 1.51. The van der Waals surface area contributed by atoms with Crippen LogP contribution in [-0.4, -0.2) is 24.4 Å². The molecule has 0 atom stereocenters. The molecule has 1 aromatic rings. The van der Waals surface area contributed by atoms with Crippen LogP contribution in [0.25, 0.3) is 6.08 Å². The topological polar surface area (TPSA) is 58.2 Å². The number of nitrogens with one attached hydrogen (secondary N) is 2. The SMILES string of the molecule is O=C(/C=C/c1cccc(Cl)c1)NCC(=O)NC1CC1. The normalized spacial score (nSPS) is 14.4. The summed E-state index contributed by atoms with van der Waals surface area (Å²) < 4.78 is 0. The van der Waals surface area contributed by atoms with Crippen LogP contribution in [-0.2, 0) is 9.59 Å². The Labute approximate surface area is 116 Å². The summed E-state index contributed by atoms with van der Waals surface area (Å²) in [6.07, 6.45) is 5.11. The van der Waals surface area contributed by atoms with Crippen molar-refractivity contribution in [1.29, 1.82) is 0 Å². The predicted molar refractivity (Wildman–Crippen MR) is 74.7 cm³/mol. The highest BCUT2D eigenvalue weighted by Crippen LogP contribution is 2.18. The van der Waals surface area contributed by atoms with Gasteiger partial charge in [0.15, 0.2) is 0 Å². The van der Waals surface area contributed by atoms with E-state index in [1.807, 2.05) is 12.1 Å². The lowest BCUT2D eigenvalue weighted by atomic mass is 10.2. The van der Waals surface area contributed by atoms with E-state index < -0.39 is 0 Å². The summed E-state index contributed by atoms with van der Waals surface area (Å²) in [6, 6.07) is 7.48. The zero-order valence-corrected chi connectivity index (χ0v) is 11.1. The minimum atomic E-state index is -0.300. The molecule has 1 aliphatic rings. The molecular weight excluding hydrogens is 264 g/mol. The number of rotatable bonds is 5. The number of carbonyl (C=O) groups is 2. The van der Waals surface area contributed by atoms with Crippen molar-refractivity contribution >= 4 is 29.5 Å². The molecule has 4 nitrogen and oxygen atoms in total. The van der Waals surface area contributed by atoms with E-state index in [1.165, 1.54) is 6.08 Å². The molecule has 1 aliphatic carbocycles. The maximum absolute atomic E-state index is 11.5. The Morgan fingerprint density at radius 3 is 2.84 bits per heavy atom. The highest BCUT2D eigenvalue weighted by Gasteiger charge is 2.22. The highest BCUT2D eigenvalue weighted by molar-refractivity contribution is 6.30. The molecule has 0 bridgehead atoms. The third-order valence-corrected chi connectivity index (χ3v) is 2.88. The Kier molecular flexibility index (Phi) is 4.58. The molecule has 19 heavy (non-hydrogen) atoms. The van der Waals surface area contributed by atoms with Crippen molar-refractivity contribution in [3.63, 3.8) is 0 Å². The smallest absolute Gasteiger partial charge is 0.244 e. The van der Waals surface area contributed by atoms with E-state index in [4.69, 9.17) is 11.6 Å². The molecule has 0 radical (unpaired) electrons. The van der Waals surface area contributed by atoms with Gasteiger partial charge in [-0.1, -0.05) is 23.7 Å². The molecule has 1 aromatic carbocycles. The summed E-state index contributed by atoms with van der Waals surface area (Å²) in [5.41, 5.74) is 0.838. The largest absolute Gasteiger partial charge is 0.352 e. The summed E-state index contributed by atoms with van der Waals surface area (Å²) in [5.74, 6) is -0.446. The maximum Gasteiger partial charge on any atom is 0.244 e. The third kappa shape index (κ3) is 5.14. The molecule has 2 rings (SSSR count). The van der Waals surface area contributed by atoms with Crippen LogP contribution in [0.1, 0.15) is 18.4 Å². The third-order valence-electron chi connectivity index (χ3n) is 2.64. The van der Waals surface area contributed by atoms with Gasteiger partial charge < -0.3 is 10.6 Å². The lowest BCUT2D eigenvalue weighted by molar-refractivity contribution is -0.124. The van der Waals surface area contributed by atoms with Gasteiger partial charge in [0, 0.05) is 17.1 Å². The van der Waals surface area contributed by atoms with Crippen LogP contribution in [0, 0.1) is 0 Å². The van der Waals surface area contributed by atoms with Crippen molar-refractivity contribution in [2.45, 2.75) is 18.9 Å². The van der Waals surface area contributed by atoms with Gasteiger partial charge in [-0.15, -0.1) is 0 Å². The quantitative estimate of drug-likeness (QED) is 0.806. The molecule has 2 amide bonds. The number of hydrogen-bond acceptors (Lipinski definition) is 2. The van der Waals surface area contributed by atoms with Crippen molar-refractivity contribution in [2.75, 3.05) is 6.54 Å². The molecule has 100 valence electrons. The minimum Gasteiger partial charge on any atom is -0.352 e. The summed E-state index contributed by atoms with van der Waals surface area (Å²) in [4.78, 5) is 22.8. The first-order valence-electron chi connectivity index (χ1n) is 6.14. The second kappa shape index (κ2) is 6.38. The molecular formula is C14H15ClN2O2. The Morgan fingerprint density at radius 2 is 2.16 bits per heavy atom. The number of amides is 2. The minimum absolute atomic E-state index is 0.00915. The Bertz CT molecular complexity index is 510. The summed E-state index contributed by atoms with van der Waals surface area (Å²) in [7, 11) is 0. The van der Waals surface area contributed by atoms with Gasteiger partial charge in [-0.05, 0) is 36.6 Å². The number of benzene rings is 1. The summed E-state index contributed by atoms with van der Waals surface area (Å²) in [5, 5.41) is 5.94. The van der Waals surface area contributed by atoms with Crippen molar-refractivity contribution < 1.29 is 9.59 Å². The van der Waals surface area contributed by atoms with E-state index in [1.54, 1.807) is 18.2 Å². The molecule has 0 spiro atoms. The standard InChI is InChI=1S/C14H15ClN2O2/c15-11-3-1-2-10(8-11)4-7-13(18)16-9-14(19)17-12-5-6-12/h1-4,7-8,12H,5-6,9H2,(H,16,18)(H,17,19)/b7-4+. The van der Waals surface area contributed by atoms with Crippen LogP contribution < -0.4 is 10.6 Å². The molecule has 0 unspecified atom stereocenters. The van der Waals surface area contributed by atoms with Gasteiger partial charge in [-0.25, -0.2) is 0 Å². The van der Waals surface area contributed by atoms with E-state index in [-0.39, 0.29) is 18.4 Å². The van der Waals surface area contributed by atoms with Gasteiger partial charge in [-0.2, -0.15) is 0 Å². The molecule has 0 saturated heterocycles. The monoisotopic (exact) mass is 278 g/mol. The fourth-order valence-corrected chi connectivity index (χ4v) is 1.71. The first kappa shape index (κ1) is 13.6. The number of hydrogen-bond donors (Lipinski definition) is 2. The van der Waals surface area contributed by atoms with E-state index in [9.17, 15) is 9.59 Å². The fraction of sp³-hybridized carbons (Fsp3) is 0.286. The van der Waals surface area contributed by atoms with Crippen LogP contribution in [0.4, 0.5) is 0 Å². The Hall–Kier alpha value is -1.81. The molecule has 5 heteroatoms. The highest BCUT2D eigenvalue weighted by atomic mass is 35.5. The van der Waals surface area contributed by atoms with Crippen LogP contribution in [0.5, 0.6) is 0 Å². The molecule has 1 saturated carbocycles. The van der Waals surface area contributed by atoms with Gasteiger partial charge in [0.2, 0.25) is 11.8 Å². The average Bonchev–Trinajstić information content (AvgIpc) is 3.18. The molecule has 0 aromatic heterocycles. The first-order chi connectivity index (χ1) is 9.13. The van der Waals surface area contributed by atoms with Crippen molar-refractivity contribution in [3.05, 3.63) is 40.9 Å². The van der Waals surface area contributed by atoms with E-state index in [0.29, 0.717) is 11.1 Å². The average molecular weight is 279 g/mol. The van der Waals surface area contributed by atoms with E-state index in [0.717, 1.165) is 18.4 Å².